The SMILES string of the molecule is Cc1csc(-c2cccc(C(=O)NCCC3CCNC3)c2)n1. The largest absolute Gasteiger partial charge is 0.352 e. The molecule has 116 valence electrons. The smallest absolute Gasteiger partial charge is 0.251 e. The van der Waals surface area contributed by atoms with E-state index in [9.17, 15) is 4.79 Å². The maximum Gasteiger partial charge on any atom is 0.251 e. The first-order chi connectivity index (χ1) is 10.7. The first-order valence-corrected chi connectivity index (χ1v) is 8.62. The van der Waals surface area contributed by atoms with Gasteiger partial charge >= 0.3 is 0 Å². The molecule has 1 saturated heterocycles. The van der Waals surface area contributed by atoms with E-state index in [4.69, 9.17) is 0 Å². The molecule has 2 heterocycles. The van der Waals surface area contributed by atoms with Crippen LogP contribution in [0.25, 0.3) is 10.6 Å². The fourth-order valence-electron chi connectivity index (χ4n) is 2.73. The molecule has 1 aromatic carbocycles. The monoisotopic (exact) mass is 315 g/mol. The van der Waals surface area contributed by atoms with Crippen molar-refractivity contribution >= 4 is 17.2 Å². The summed E-state index contributed by atoms with van der Waals surface area (Å²) in [7, 11) is 0. The minimum atomic E-state index is 0.00100. The minimum absolute atomic E-state index is 0.00100. The van der Waals surface area contributed by atoms with Crippen molar-refractivity contribution in [3.8, 4) is 10.6 Å². The number of hydrogen-bond donors (Lipinski definition) is 2. The van der Waals surface area contributed by atoms with E-state index >= 15 is 0 Å². The van der Waals surface area contributed by atoms with E-state index in [1.165, 1.54) is 6.42 Å². The molecular weight excluding hydrogens is 294 g/mol. The van der Waals surface area contributed by atoms with Crippen molar-refractivity contribution in [1.82, 2.24) is 15.6 Å². The van der Waals surface area contributed by atoms with E-state index in [1.54, 1.807) is 11.3 Å². The molecule has 0 bridgehead atoms. The molecule has 1 aliphatic heterocycles. The molecule has 1 aromatic heterocycles. The van der Waals surface area contributed by atoms with Crippen LogP contribution in [-0.4, -0.2) is 30.5 Å². The molecule has 0 aliphatic carbocycles. The molecule has 1 aliphatic rings. The van der Waals surface area contributed by atoms with Crippen molar-refractivity contribution in [3.05, 3.63) is 40.9 Å². The number of thiazole rings is 1. The van der Waals surface area contributed by atoms with Crippen molar-refractivity contribution in [2.24, 2.45) is 5.92 Å². The van der Waals surface area contributed by atoms with Crippen molar-refractivity contribution in [2.45, 2.75) is 19.8 Å². The summed E-state index contributed by atoms with van der Waals surface area (Å²) in [5.41, 5.74) is 2.72. The molecule has 3 rings (SSSR count). The van der Waals surface area contributed by atoms with Gasteiger partial charge in [0.25, 0.3) is 5.91 Å². The highest BCUT2D eigenvalue weighted by Gasteiger charge is 2.14. The predicted octanol–water partition coefficient (Wildman–Crippen LogP) is 2.85. The molecule has 1 atom stereocenters. The van der Waals surface area contributed by atoms with Gasteiger partial charge in [-0.15, -0.1) is 11.3 Å². The van der Waals surface area contributed by atoms with Crippen LogP contribution >= 0.6 is 11.3 Å². The van der Waals surface area contributed by atoms with Crippen LogP contribution in [0.15, 0.2) is 29.6 Å². The van der Waals surface area contributed by atoms with Crippen molar-refractivity contribution in [2.75, 3.05) is 19.6 Å². The Kier molecular flexibility index (Phi) is 4.85. The van der Waals surface area contributed by atoms with E-state index in [1.807, 2.05) is 36.6 Å². The summed E-state index contributed by atoms with van der Waals surface area (Å²) in [6.07, 6.45) is 2.26. The van der Waals surface area contributed by atoms with Crippen LogP contribution in [-0.2, 0) is 0 Å². The topological polar surface area (TPSA) is 54.0 Å². The lowest BCUT2D eigenvalue weighted by atomic mass is 10.1. The Morgan fingerprint density at radius 2 is 2.41 bits per heavy atom. The second kappa shape index (κ2) is 7.03. The van der Waals surface area contributed by atoms with Gasteiger partial charge in [-0.05, 0) is 50.9 Å². The standard InChI is InChI=1S/C17H21N3OS/c1-12-11-22-17(20-12)15-4-2-3-14(9-15)16(21)19-8-6-13-5-7-18-10-13/h2-4,9,11,13,18H,5-8,10H2,1H3,(H,19,21). The molecular formula is C17H21N3OS. The number of aryl methyl sites for hydroxylation is 1. The third-order valence-corrected chi connectivity index (χ3v) is 5.00. The maximum absolute atomic E-state index is 12.3. The van der Waals surface area contributed by atoms with Crippen LogP contribution in [0.2, 0.25) is 0 Å². The summed E-state index contributed by atoms with van der Waals surface area (Å²) in [4.78, 5) is 16.7. The van der Waals surface area contributed by atoms with Crippen LogP contribution in [0.5, 0.6) is 0 Å². The number of carbonyl (C=O) groups is 1. The van der Waals surface area contributed by atoms with Gasteiger partial charge in [0.15, 0.2) is 0 Å². The summed E-state index contributed by atoms with van der Waals surface area (Å²) in [6.45, 7) is 4.91. The van der Waals surface area contributed by atoms with Crippen molar-refractivity contribution in [1.29, 1.82) is 0 Å². The van der Waals surface area contributed by atoms with E-state index in [0.29, 0.717) is 11.5 Å². The summed E-state index contributed by atoms with van der Waals surface area (Å²) >= 11 is 1.61. The van der Waals surface area contributed by atoms with Crippen molar-refractivity contribution in [3.63, 3.8) is 0 Å². The second-order valence-electron chi connectivity index (χ2n) is 5.78. The van der Waals surface area contributed by atoms with Crippen molar-refractivity contribution < 1.29 is 4.79 Å². The third kappa shape index (κ3) is 3.72. The zero-order valence-corrected chi connectivity index (χ0v) is 13.6. The Balaban J connectivity index is 1.60. The van der Waals surface area contributed by atoms with Gasteiger partial charge in [-0.1, -0.05) is 12.1 Å². The molecule has 5 heteroatoms. The number of aromatic nitrogens is 1. The quantitative estimate of drug-likeness (QED) is 0.892. The van der Waals surface area contributed by atoms with Crippen LogP contribution in [0.4, 0.5) is 0 Å². The second-order valence-corrected chi connectivity index (χ2v) is 6.64. The Labute approximate surface area is 135 Å². The average molecular weight is 315 g/mol. The zero-order valence-electron chi connectivity index (χ0n) is 12.8. The highest BCUT2D eigenvalue weighted by atomic mass is 32.1. The normalized spacial score (nSPS) is 17.6. The highest BCUT2D eigenvalue weighted by molar-refractivity contribution is 7.13. The molecule has 2 N–H and O–H groups in total. The number of amides is 1. The summed E-state index contributed by atoms with van der Waals surface area (Å²) in [5, 5.41) is 9.36. The van der Waals surface area contributed by atoms with Gasteiger partial charge in [0.2, 0.25) is 0 Å². The molecule has 22 heavy (non-hydrogen) atoms. The number of carbonyl (C=O) groups excluding carboxylic acids is 1. The molecule has 4 nitrogen and oxygen atoms in total. The van der Waals surface area contributed by atoms with Gasteiger partial charge in [-0.3, -0.25) is 4.79 Å². The summed E-state index contributed by atoms with van der Waals surface area (Å²) < 4.78 is 0. The Morgan fingerprint density at radius 3 is 3.14 bits per heavy atom. The lowest BCUT2D eigenvalue weighted by Crippen LogP contribution is -2.26. The van der Waals surface area contributed by atoms with E-state index in [-0.39, 0.29) is 5.91 Å². The van der Waals surface area contributed by atoms with Crippen LogP contribution in [0.1, 0.15) is 28.9 Å². The lowest BCUT2D eigenvalue weighted by Gasteiger charge is -2.09. The van der Waals surface area contributed by atoms with Gasteiger partial charge in [-0.2, -0.15) is 0 Å². The fraction of sp³-hybridized carbons (Fsp3) is 0.412. The maximum atomic E-state index is 12.3. The number of nitrogens with zero attached hydrogens (tertiary/aromatic N) is 1. The van der Waals surface area contributed by atoms with Gasteiger partial charge in [0.05, 0.1) is 0 Å². The number of hydrogen-bond acceptors (Lipinski definition) is 4. The molecule has 2 aromatic rings. The predicted molar refractivity (Wildman–Crippen MR) is 90.2 cm³/mol. The van der Waals surface area contributed by atoms with Gasteiger partial charge in [-0.25, -0.2) is 4.98 Å². The minimum Gasteiger partial charge on any atom is -0.352 e. The van der Waals surface area contributed by atoms with Crippen LogP contribution < -0.4 is 10.6 Å². The van der Waals surface area contributed by atoms with E-state index in [2.05, 4.69) is 15.6 Å². The molecule has 0 spiro atoms. The number of rotatable bonds is 5. The molecule has 1 fully saturated rings. The Morgan fingerprint density at radius 1 is 1.50 bits per heavy atom. The van der Waals surface area contributed by atoms with Gasteiger partial charge in [0, 0.05) is 28.7 Å². The van der Waals surface area contributed by atoms with Crippen LogP contribution in [0.3, 0.4) is 0 Å². The first-order valence-electron chi connectivity index (χ1n) is 7.74. The Hall–Kier alpha value is -1.72. The first kappa shape index (κ1) is 15.2. The summed E-state index contributed by atoms with van der Waals surface area (Å²) in [5.74, 6) is 0.700. The molecule has 0 saturated carbocycles. The molecule has 1 unspecified atom stereocenters. The van der Waals surface area contributed by atoms with Crippen LogP contribution in [0, 0.1) is 12.8 Å². The molecule has 0 radical (unpaired) electrons. The highest BCUT2D eigenvalue weighted by Crippen LogP contribution is 2.24. The molecule has 1 amide bonds. The number of nitrogens with one attached hydrogen (secondary N) is 2. The summed E-state index contributed by atoms with van der Waals surface area (Å²) in [6, 6.07) is 7.70. The Bertz CT molecular complexity index is 647. The van der Waals surface area contributed by atoms with E-state index < -0.39 is 0 Å². The third-order valence-electron chi connectivity index (χ3n) is 3.99. The number of benzene rings is 1. The zero-order chi connectivity index (χ0) is 15.4. The van der Waals surface area contributed by atoms with E-state index in [0.717, 1.165) is 42.3 Å². The van der Waals surface area contributed by atoms with Gasteiger partial charge < -0.3 is 10.6 Å². The fourth-order valence-corrected chi connectivity index (χ4v) is 3.53. The van der Waals surface area contributed by atoms with Gasteiger partial charge in [0.1, 0.15) is 5.01 Å². The average Bonchev–Trinajstić information content (AvgIpc) is 3.19. The lowest BCUT2D eigenvalue weighted by molar-refractivity contribution is 0.0951.